The molecule has 0 saturated carbocycles. The van der Waals surface area contributed by atoms with E-state index in [1.54, 1.807) is 0 Å². The zero-order valence-electron chi connectivity index (χ0n) is 12.2. The van der Waals surface area contributed by atoms with Crippen molar-refractivity contribution in [3.8, 4) is 0 Å². The van der Waals surface area contributed by atoms with Crippen LogP contribution in [0.25, 0.3) is 0 Å². The lowest BCUT2D eigenvalue weighted by atomic mass is 10.2. The lowest BCUT2D eigenvalue weighted by Crippen LogP contribution is -2.45. The summed E-state index contributed by atoms with van der Waals surface area (Å²) in [6, 6.07) is 4.01. The molecule has 0 aromatic carbocycles. The van der Waals surface area contributed by atoms with Gasteiger partial charge in [-0.3, -0.25) is 0 Å². The van der Waals surface area contributed by atoms with E-state index in [0.29, 0.717) is 5.11 Å². The van der Waals surface area contributed by atoms with Gasteiger partial charge in [0.25, 0.3) is 0 Å². The second kappa shape index (κ2) is 6.85. The largest absolute Gasteiger partial charge is 0.372 e. The van der Waals surface area contributed by atoms with E-state index in [0.717, 1.165) is 31.1 Å². The van der Waals surface area contributed by atoms with Crippen molar-refractivity contribution in [1.29, 1.82) is 0 Å². The van der Waals surface area contributed by atoms with Crippen molar-refractivity contribution in [2.24, 2.45) is 0 Å². The highest BCUT2D eigenvalue weighted by Crippen LogP contribution is 2.19. The summed E-state index contributed by atoms with van der Waals surface area (Å²) in [6.07, 6.45) is 2.28. The number of rotatable bonds is 3. The van der Waals surface area contributed by atoms with E-state index < -0.39 is 0 Å². The second-order valence-corrected chi connectivity index (χ2v) is 5.46. The van der Waals surface area contributed by atoms with Crippen LogP contribution in [-0.2, 0) is 4.74 Å². The van der Waals surface area contributed by atoms with E-state index >= 15 is 0 Å². The fourth-order valence-electron chi connectivity index (χ4n) is 2.35. The molecule has 2 atom stereocenters. The average molecular weight is 294 g/mol. The van der Waals surface area contributed by atoms with Crippen LogP contribution in [0.1, 0.15) is 20.8 Å². The number of aromatic nitrogens is 1. The van der Waals surface area contributed by atoms with Crippen molar-refractivity contribution >= 4 is 28.8 Å². The molecular formula is C14H22N4OS. The molecule has 5 nitrogen and oxygen atoms in total. The molecule has 20 heavy (non-hydrogen) atoms. The number of morpholine rings is 1. The molecule has 110 valence electrons. The Hall–Kier alpha value is -1.40. The summed E-state index contributed by atoms with van der Waals surface area (Å²) in [5.41, 5.74) is 0.897. The molecule has 1 aromatic heterocycles. The fraction of sp³-hybridized carbons (Fsp3) is 0.571. The Balaban J connectivity index is 1.99. The number of nitrogens with zero attached hydrogens (tertiary/aromatic N) is 2. The average Bonchev–Trinajstić information content (AvgIpc) is 2.38. The molecule has 1 fully saturated rings. The summed E-state index contributed by atoms with van der Waals surface area (Å²) in [5, 5.41) is 6.78. The van der Waals surface area contributed by atoms with E-state index in [1.165, 1.54) is 0 Å². The summed E-state index contributed by atoms with van der Waals surface area (Å²) in [5.74, 6) is 0.979. The Morgan fingerprint density at radius 3 is 2.65 bits per heavy atom. The van der Waals surface area contributed by atoms with Crippen molar-refractivity contribution in [1.82, 2.24) is 10.3 Å². The summed E-state index contributed by atoms with van der Waals surface area (Å²) in [7, 11) is 0. The molecule has 2 heterocycles. The second-order valence-electron chi connectivity index (χ2n) is 5.05. The molecule has 1 saturated heterocycles. The maximum absolute atomic E-state index is 5.73. The normalized spacial score (nSPS) is 22.4. The minimum Gasteiger partial charge on any atom is -0.372 e. The van der Waals surface area contributed by atoms with Crippen LogP contribution in [0.4, 0.5) is 11.5 Å². The van der Waals surface area contributed by atoms with Crippen LogP contribution in [0.3, 0.4) is 0 Å². The molecule has 0 spiro atoms. The zero-order chi connectivity index (χ0) is 14.5. The number of ether oxygens (including phenoxy) is 1. The van der Waals surface area contributed by atoms with Crippen molar-refractivity contribution in [2.45, 2.75) is 33.0 Å². The molecule has 0 radical (unpaired) electrons. The van der Waals surface area contributed by atoms with E-state index in [1.807, 2.05) is 25.3 Å². The first-order valence-electron chi connectivity index (χ1n) is 6.99. The zero-order valence-corrected chi connectivity index (χ0v) is 13.0. The van der Waals surface area contributed by atoms with Gasteiger partial charge in [-0.1, -0.05) is 0 Å². The van der Waals surface area contributed by atoms with Crippen LogP contribution >= 0.6 is 12.2 Å². The first kappa shape index (κ1) is 15.0. The van der Waals surface area contributed by atoms with Crippen LogP contribution < -0.4 is 15.5 Å². The lowest BCUT2D eigenvalue weighted by Gasteiger charge is -2.36. The Labute approximate surface area is 125 Å². The Morgan fingerprint density at radius 2 is 2.10 bits per heavy atom. The fourth-order valence-corrected chi connectivity index (χ4v) is 2.61. The van der Waals surface area contributed by atoms with Gasteiger partial charge in [-0.2, -0.15) is 0 Å². The number of pyridine rings is 1. The predicted octanol–water partition coefficient (Wildman–Crippen LogP) is 2.00. The summed E-state index contributed by atoms with van der Waals surface area (Å²) < 4.78 is 5.73. The van der Waals surface area contributed by atoms with E-state index in [4.69, 9.17) is 17.0 Å². The molecule has 1 aliphatic rings. The van der Waals surface area contributed by atoms with E-state index in [9.17, 15) is 0 Å². The van der Waals surface area contributed by atoms with Gasteiger partial charge in [0.1, 0.15) is 5.82 Å². The van der Waals surface area contributed by atoms with E-state index in [-0.39, 0.29) is 12.2 Å². The molecular weight excluding hydrogens is 272 g/mol. The van der Waals surface area contributed by atoms with Crippen LogP contribution in [0.2, 0.25) is 0 Å². The molecule has 0 bridgehead atoms. The Morgan fingerprint density at radius 1 is 1.40 bits per heavy atom. The van der Waals surface area contributed by atoms with Gasteiger partial charge in [0.15, 0.2) is 5.11 Å². The Kier molecular flexibility index (Phi) is 5.14. The van der Waals surface area contributed by atoms with Gasteiger partial charge in [0.05, 0.1) is 24.1 Å². The van der Waals surface area contributed by atoms with Crippen molar-refractivity contribution in [3.63, 3.8) is 0 Å². The topological polar surface area (TPSA) is 49.4 Å². The maximum Gasteiger partial charge on any atom is 0.170 e. The quantitative estimate of drug-likeness (QED) is 0.832. The third kappa shape index (κ3) is 4.05. The molecule has 0 unspecified atom stereocenters. The van der Waals surface area contributed by atoms with Gasteiger partial charge < -0.3 is 20.3 Å². The molecule has 2 N–H and O–H groups in total. The Bertz CT molecular complexity index is 441. The van der Waals surface area contributed by atoms with Crippen LogP contribution in [-0.4, -0.2) is 41.9 Å². The number of nitrogens with one attached hydrogen (secondary N) is 2. The summed E-state index contributed by atoms with van der Waals surface area (Å²) >= 11 is 5.15. The van der Waals surface area contributed by atoms with E-state index in [2.05, 4.69) is 34.4 Å². The van der Waals surface area contributed by atoms with Crippen molar-refractivity contribution in [2.75, 3.05) is 29.9 Å². The van der Waals surface area contributed by atoms with Gasteiger partial charge in [0, 0.05) is 19.6 Å². The third-order valence-electron chi connectivity index (χ3n) is 3.09. The molecule has 0 amide bonds. The van der Waals surface area contributed by atoms with Gasteiger partial charge >= 0.3 is 0 Å². The number of hydrogen-bond acceptors (Lipinski definition) is 4. The van der Waals surface area contributed by atoms with Crippen molar-refractivity contribution < 1.29 is 4.74 Å². The lowest BCUT2D eigenvalue weighted by molar-refractivity contribution is -0.00545. The SMILES string of the molecule is CCNC(=S)Nc1ccc(N2C[C@@H](C)O[C@H](C)C2)nc1. The monoisotopic (exact) mass is 294 g/mol. The molecule has 0 aliphatic carbocycles. The highest BCUT2D eigenvalue weighted by atomic mass is 32.1. The molecule has 1 aliphatic heterocycles. The maximum atomic E-state index is 5.73. The number of anilines is 2. The minimum atomic E-state index is 0.236. The van der Waals surface area contributed by atoms with Gasteiger partial charge in [-0.25, -0.2) is 4.98 Å². The van der Waals surface area contributed by atoms with Crippen molar-refractivity contribution in [3.05, 3.63) is 18.3 Å². The predicted molar refractivity (Wildman–Crippen MR) is 86.4 cm³/mol. The van der Waals surface area contributed by atoms with Crippen LogP contribution in [0.5, 0.6) is 0 Å². The van der Waals surface area contributed by atoms with Gasteiger partial charge in [-0.05, 0) is 45.1 Å². The first-order chi connectivity index (χ1) is 9.58. The third-order valence-corrected chi connectivity index (χ3v) is 3.33. The molecule has 6 heteroatoms. The number of hydrogen-bond donors (Lipinski definition) is 2. The standard InChI is InChI=1S/C14H22N4OS/c1-4-15-14(20)17-12-5-6-13(16-7-12)18-8-10(2)19-11(3)9-18/h5-7,10-11H,4,8-9H2,1-3H3,(H2,15,17,20)/t10-,11-/m1/s1. The minimum absolute atomic E-state index is 0.236. The highest BCUT2D eigenvalue weighted by molar-refractivity contribution is 7.80. The molecule has 2 rings (SSSR count). The summed E-state index contributed by atoms with van der Waals surface area (Å²) in [6.45, 7) is 8.75. The van der Waals surface area contributed by atoms with Gasteiger partial charge in [-0.15, -0.1) is 0 Å². The highest BCUT2D eigenvalue weighted by Gasteiger charge is 2.22. The first-order valence-corrected chi connectivity index (χ1v) is 7.40. The summed E-state index contributed by atoms with van der Waals surface area (Å²) in [4.78, 5) is 6.76. The molecule has 1 aromatic rings. The smallest absolute Gasteiger partial charge is 0.170 e. The number of thiocarbonyl (C=S) groups is 1. The van der Waals surface area contributed by atoms with Crippen LogP contribution in [0.15, 0.2) is 18.3 Å². The van der Waals surface area contributed by atoms with Crippen LogP contribution in [0, 0.1) is 0 Å². The van der Waals surface area contributed by atoms with Gasteiger partial charge in [0.2, 0.25) is 0 Å².